The molecule has 0 amide bonds. The van der Waals surface area contributed by atoms with E-state index in [0.717, 1.165) is 24.4 Å². The predicted octanol–water partition coefficient (Wildman–Crippen LogP) is 2.23. The molecule has 17 heavy (non-hydrogen) atoms. The highest BCUT2D eigenvalue weighted by Gasteiger charge is 2.22. The first-order chi connectivity index (χ1) is 7.93. The molecule has 0 saturated carbocycles. The molecule has 0 heterocycles. The Kier molecular flexibility index (Phi) is 4.90. The Bertz CT molecular complexity index is 360. The first-order valence-electron chi connectivity index (χ1n) is 5.76. The van der Waals surface area contributed by atoms with Gasteiger partial charge in [0.15, 0.2) is 0 Å². The first-order valence-corrected chi connectivity index (χ1v) is 9.17. The third kappa shape index (κ3) is 5.15. The van der Waals surface area contributed by atoms with Crippen LogP contribution in [0.4, 0.5) is 0 Å². The van der Waals surface area contributed by atoms with Crippen LogP contribution in [0.15, 0.2) is 24.3 Å². The Labute approximate surface area is 104 Å². The van der Waals surface area contributed by atoms with Crippen LogP contribution in [-0.4, -0.2) is 45.8 Å². The standard InChI is InChI=1S/C13H21NO2Si/c1-14(2)10-17(3,4)11-16-13-7-5-12(9-15)6-8-13/h5-9H,10-11H2,1-4H3. The number of rotatable bonds is 6. The smallest absolute Gasteiger partial charge is 0.150 e. The van der Waals surface area contributed by atoms with Gasteiger partial charge in [-0.2, -0.15) is 0 Å². The monoisotopic (exact) mass is 251 g/mol. The molecule has 1 aromatic carbocycles. The van der Waals surface area contributed by atoms with Gasteiger partial charge in [0.05, 0.1) is 6.23 Å². The zero-order chi connectivity index (χ0) is 12.9. The number of carbonyl (C=O) groups excluding carboxylic acids is 1. The molecule has 0 radical (unpaired) electrons. The number of hydrogen-bond acceptors (Lipinski definition) is 3. The van der Waals surface area contributed by atoms with Crippen LogP contribution in [-0.2, 0) is 0 Å². The van der Waals surface area contributed by atoms with Crippen LogP contribution in [0.25, 0.3) is 0 Å². The lowest BCUT2D eigenvalue weighted by Gasteiger charge is -2.26. The van der Waals surface area contributed by atoms with E-state index in [1.54, 1.807) is 12.1 Å². The lowest BCUT2D eigenvalue weighted by atomic mass is 10.2. The molecule has 94 valence electrons. The summed E-state index contributed by atoms with van der Waals surface area (Å²) in [5.74, 6) is 0.843. The number of ether oxygens (including phenoxy) is 1. The van der Waals surface area contributed by atoms with E-state index in [9.17, 15) is 4.79 Å². The number of carbonyl (C=O) groups is 1. The van der Waals surface area contributed by atoms with Crippen molar-refractivity contribution < 1.29 is 9.53 Å². The molecule has 0 aliphatic heterocycles. The minimum atomic E-state index is -1.34. The minimum Gasteiger partial charge on any atom is -0.497 e. The topological polar surface area (TPSA) is 29.5 Å². The Hall–Kier alpha value is -1.13. The van der Waals surface area contributed by atoms with Crippen molar-refractivity contribution in [2.75, 3.05) is 26.5 Å². The van der Waals surface area contributed by atoms with Crippen LogP contribution in [0.5, 0.6) is 5.75 Å². The fraction of sp³-hybridized carbons (Fsp3) is 0.462. The molecular formula is C13H21NO2Si. The molecule has 0 fully saturated rings. The SMILES string of the molecule is CN(C)C[Si](C)(C)COc1ccc(C=O)cc1. The minimum absolute atomic E-state index is 0.683. The maximum absolute atomic E-state index is 10.5. The van der Waals surface area contributed by atoms with Crippen LogP contribution in [0.3, 0.4) is 0 Å². The van der Waals surface area contributed by atoms with Gasteiger partial charge in [0.1, 0.15) is 20.1 Å². The van der Waals surface area contributed by atoms with E-state index in [4.69, 9.17) is 4.74 Å². The van der Waals surface area contributed by atoms with Crippen molar-refractivity contribution in [3.63, 3.8) is 0 Å². The van der Waals surface area contributed by atoms with E-state index in [1.807, 2.05) is 12.1 Å². The fourth-order valence-corrected chi connectivity index (χ4v) is 4.18. The molecule has 1 rings (SSSR count). The van der Waals surface area contributed by atoms with Gasteiger partial charge in [-0.1, -0.05) is 13.1 Å². The summed E-state index contributed by atoms with van der Waals surface area (Å²) < 4.78 is 5.79. The van der Waals surface area contributed by atoms with Gasteiger partial charge in [-0.15, -0.1) is 0 Å². The largest absolute Gasteiger partial charge is 0.497 e. The molecule has 0 aromatic heterocycles. The van der Waals surface area contributed by atoms with Crippen molar-refractivity contribution in [3.8, 4) is 5.75 Å². The van der Waals surface area contributed by atoms with Crippen LogP contribution in [0, 0.1) is 0 Å². The number of benzene rings is 1. The van der Waals surface area contributed by atoms with Crippen molar-refractivity contribution in [2.24, 2.45) is 0 Å². The highest BCUT2D eigenvalue weighted by Crippen LogP contribution is 2.13. The predicted molar refractivity (Wildman–Crippen MR) is 73.4 cm³/mol. The van der Waals surface area contributed by atoms with E-state index in [0.29, 0.717) is 5.56 Å². The summed E-state index contributed by atoms with van der Waals surface area (Å²) in [6.07, 6.45) is 2.75. The second kappa shape index (κ2) is 5.98. The van der Waals surface area contributed by atoms with Gasteiger partial charge in [-0.05, 0) is 44.5 Å². The van der Waals surface area contributed by atoms with Gasteiger partial charge in [0, 0.05) is 5.56 Å². The Morgan fingerprint density at radius 1 is 1.24 bits per heavy atom. The molecule has 0 N–H and O–H groups in total. The van der Waals surface area contributed by atoms with E-state index in [-0.39, 0.29) is 0 Å². The molecule has 0 atom stereocenters. The van der Waals surface area contributed by atoms with Crippen molar-refractivity contribution in [1.82, 2.24) is 4.90 Å². The van der Waals surface area contributed by atoms with Gasteiger partial charge in [-0.25, -0.2) is 0 Å². The average Bonchev–Trinajstić information content (AvgIpc) is 2.25. The number of aldehydes is 1. The normalized spacial score (nSPS) is 11.6. The summed E-state index contributed by atoms with van der Waals surface area (Å²) in [5, 5.41) is 0. The summed E-state index contributed by atoms with van der Waals surface area (Å²) in [4.78, 5) is 12.7. The highest BCUT2D eigenvalue weighted by molar-refractivity contribution is 6.77. The maximum atomic E-state index is 10.5. The molecule has 4 heteroatoms. The Morgan fingerprint density at radius 3 is 2.29 bits per heavy atom. The van der Waals surface area contributed by atoms with Gasteiger partial charge < -0.3 is 9.64 Å². The molecule has 3 nitrogen and oxygen atoms in total. The van der Waals surface area contributed by atoms with E-state index in [1.165, 1.54) is 0 Å². The number of hydrogen-bond donors (Lipinski definition) is 0. The molecule has 0 saturated heterocycles. The molecule has 1 aromatic rings. The first kappa shape index (κ1) is 13.9. The van der Waals surface area contributed by atoms with Gasteiger partial charge >= 0.3 is 0 Å². The fourth-order valence-electron chi connectivity index (χ4n) is 1.82. The molecule has 0 aliphatic rings. The second-order valence-corrected chi connectivity index (χ2v) is 10.3. The second-order valence-electron chi connectivity index (χ2n) is 5.38. The molecule has 0 spiro atoms. The van der Waals surface area contributed by atoms with Crippen molar-refractivity contribution >= 4 is 14.4 Å². The van der Waals surface area contributed by atoms with Crippen molar-refractivity contribution in [2.45, 2.75) is 13.1 Å². The zero-order valence-corrected chi connectivity index (χ0v) is 12.1. The highest BCUT2D eigenvalue weighted by atomic mass is 28.3. The summed E-state index contributed by atoms with van der Waals surface area (Å²) >= 11 is 0. The quantitative estimate of drug-likeness (QED) is 0.573. The van der Waals surface area contributed by atoms with Crippen LogP contribution >= 0.6 is 0 Å². The number of nitrogens with zero attached hydrogens (tertiary/aromatic N) is 1. The van der Waals surface area contributed by atoms with E-state index in [2.05, 4.69) is 32.1 Å². The lowest BCUT2D eigenvalue weighted by Crippen LogP contribution is -2.44. The van der Waals surface area contributed by atoms with Gasteiger partial charge in [-0.3, -0.25) is 4.79 Å². The third-order valence-electron chi connectivity index (χ3n) is 2.39. The van der Waals surface area contributed by atoms with Crippen LogP contribution < -0.4 is 4.74 Å². The zero-order valence-electron chi connectivity index (χ0n) is 11.1. The van der Waals surface area contributed by atoms with E-state index >= 15 is 0 Å². The summed E-state index contributed by atoms with van der Waals surface area (Å²) in [7, 11) is 2.84. The van der Waals surface area contributed by atoms with Crippen LogP contribution in [0.1, 0.15) is 10.4 Å². The molecular weight excluding hydrogens is 230 g/mol. The lowest BCUT2D eigenvalue weighted by molar-refractivity contribution is 0.112. The average molecular weight is 251 g/mol. The summed E-state index contributed by atoms with van der Waals surface area (Å²) in [6.45, 7) is 4.62. The van der Waals surface area contributed by atoms with Crippen molar-refractivity contribution in [1.29, 1.82) is 0 Å². The third-order valence-corrected chi connectivity index (χ3v) is 4.80. The maximum Gasteiger partial charge on any atom is 0.150 e. The van der Waals surface area contributed by atoms with E-state index < -0.39 is 8.07 Å². The summed E-state index contributed by atoms with van der Waals surface area (Å²) in [6, 6.07) is 7.26. The molecule has 0 aliphatic carbocycles. The molecule has 0 unspecified atom stereocenters. The van der Waals surface area contributed by atoms with Gasteiger partial charge in [0.2, 0.25) is 0 Å². The summed E-state index contributed by atoms with van der Waals surface area (Å²) in [5.41, 5.74) is 0.683. The molecule has 0 bridgehead atoms. The van der Waals surface area contributed by atoms with Crippen molar-refractivity contribution in [3.05, 3.63) is 29.8 Å². The van der Waals surface area contributed by atoms with Gasteiger partial charge in [0.25, 0.3) is 0 Å². The van der Waals surface area contributed by atoms with Crippen LogP contribution in [0.2, 0.25) is 13.1 Å². The Morgan fingerprint density at radius 2 is 1.82 bits per heavy atom. The Balaban J connectivity index is 2.51.